The molecule has 0 N–H and O–H groups in total. The highest BCUT2D eigenvalue weighted by Gasteiger charge is 2.52. The molecule has 0 amide bonds. The van der Waals surface area contributed by atoms with Gasteiger partial charge in [-0.3, -0.25) is 4.79 Å². The molecule has 2 rings (SSSR count). The van der Waals surface area contributed by atoms with Gasteiger partial charge >= 0.3 is 7.12 Å². The molecule has 1 heterocycles. The Morgan fingerprint density at radius 3 is 2.40 bits per heavy atom. The topological polar surface area (TPSA) is 59.3 Å². The zero-order chi connectivity index (χ0) is 18.8. The minimum atomic E-state index is -0.538. The van der Waals surface area contributed by atoms with E-state index in [4.69, 9.17) is 9.31 Å². The summed E-state index contributed by atoms with van der Waals surface area (Å²) in [6.07, 6.45) is 1.92. The van der Waals surface area contributed by atoms with Crippen LogP contribution in [0.2, 0.25) is 0 Å². The Bertz CT molecular complexity index is 734. The van der Waals surface area contributed by atoms with Crippen LogP contribution in [0.25, 0.3) is 6.08 Å². The van der Waals surface area contributed by atoms with E-state index in [0.29, 0.717) is 11.3 Å². The van der Waals surface area contributed by atoms with E-state index in [1.165, 1.54) is 11.8 Å². The quantitative estimate of drug-likeness (QED) is 0.758. The number of rotatable bonds is 4. The molecule has 0 unspecified atom stereocenters. The van der Waals surface area contributed by atoms with Crippen LogP contribution in [0.15, 0.2) is 23.7 Å². The molecular weight excluding hydrogens is 333 g/mol. The summed E-state index contributed by atoms with van der Waals surface area (Å²) in [6.45, 7) is 11.5. The first-order valence-electron chi connectivity index (χ1n) is 8.26. The second-order valence-corrected chi connectivity index (χ2v) is 8.44. The van der Waals surface area contributed by atoms with Crippen LogP contribution in [-0.2, 0) is 14.1 Å². The maximum absolute atomic E-state index is 11.4. The van der Waals surface area contributed by atoms with Crippen LogP contribution in [0.4, 0.5) is 0 Å². The van der Waals surface area contributed by atoms with Gasteiger partial charge in [-0.1, -0.05) is 35.5 Å². The van der Waals surface area contributed by atoms with Crippen LogP contribution < -0.4 is 0 Å². The third-order valence-electron chi connectivity index (χ3n) is 4.67. The molecule has 6 heteroatoms. The lowest BCUT2D eigenvalue weighted by molar-refractivity contribution is -0.109. The van der Waals surface area contributed by atoms with E-state index in [-0.39, 0.29) is 5.12 Å². The highest BCUT2D eigenvalue weighted by molar-refractivity contribution is 8.13. The molecule has 1 fully saturated rings. The van der Waals surface area contributed by atoms with Crippen molar-refractivity contribution < 1.29 is 14.1 Å². The fourth-order valence-corrected chi connectivity index (χ4v) is 3.05. The Labute approximate surface area is 154 Å². The molecule has 0 saturated carbocycles. The maximum Gasteiger partial charge on any atom is 0.491 e. The van der Waals surface area contributed by atoms with E-state index in [0.717, 1.165) is 16.6 Å². The Morgan fingerprint density at radius 2 is 1.88 bits per heavy atom. The lowest BCUT2D eigenvalue weighted by Crippen LogP contribution is -2.41. The first-order chi connectivity index (χ1) is 11.6. The molecule has 1 aliphatic rings. The van der Waals surface area contributed by atoms with Crippen molar-refractivity contribution in [3.05, 3.63) is 40.4 Å². The van der Waals surface area contributed by atoms with Crippen LogP contribution in [0, 0.1) is 18.3 Å². The van der Waals surface area contributed by atoms with Crippen molar-refractivity contribution in [3.8, 4) is 6.07 Å². The molecular formula is C19H24BNO3S. The van der Waals surface area contributed by atoms with Crippen LogP contribution >= 0.6 is 11.8 Å². The van der Waals surface area contributed by atoms with Crippen molar-refractivity contribution in [1.82, 2.24) is 0 Å². The summed E-state index contributed by atoms with van der Waals surface area (Å²) < 4.78 is 12.3. The Morgan fingerprint density at radius 1 is 1.28 bits per heavy atom. The molecule has 1 aromatic rings. The van der Waals surface area contributed by atoms with Gasteiger partial charge in [-0.05, 0) is 51.7 Å². The van der Waals surface area contributed by atoms with Gasteiger partial charge in [0.1, 0.15) is 0 Å². The number of carbonyl (C=O) groups excluding carboxylic acids is 1. The van der Waals surface area contributed by atoms with E-state index in [9.17, 15) is 10.1 Å². The Hall–Kier alpha value is -1.55. The number of hydrogen-bond donors (Lipinski definition) is 0. The van der Waals surface area contributed by atoms with Crippen molar-refractivity contribution in [2.24, 2.45) is 0 Å². The summed E-state index contributed by atoms with van der Waals surface area (Å²) in [7, 11) is -0.538. The van der Waals surface area contributed by atoms with Gasteiger partial charge in [0, 0.05) is 12.7 Å². The second kappa shape index (κ2) is 7.37. The van der Waals surface area contributed by atoms with Crippen molar-refractivity contribution in [2.45, 2.75) is 52.7 Å². The predicted molar refractivity (Wildman–Crippen MR) is 103 cm³/mol. The van der Waals surface area contributed by atoms with Crippen molar-refractivity contribution in [2.75, 3.05) is 5.75 Å². The molecule has 0 bridgehead atoms. The van der Waals surface area contributed by atoms with E-state index in [2.05, 4.69) is 6.07 Å². The van der Waals surface area contributed by atoms with Gasteiger partial charge in [-0.15, -0.1) is 0 Å². The highest BCUT2D eigenvalue weighted by Crippen LogP contribution is 2.39. The van der Waals surface area contributed by atoms with Crippen molar-refractivity contribution in [1.29, 1.82) is 5.26 Å². The monoisotopic (exact) mass is 357 g/mol. The standard InChI is InChI=1S/C19H24BNO3S/c1-13-7-8-15(11-21)16(9-13)10-17(12-25-14(2)22)20-23-18(3,4)19(5,6)24-20/h7-10H,12H2,1-6H3. The molecule has 0 atom stereocenters. The number of benzene rings is 1. The number of carbonyl (C=O) groups is 1. The third-order valence-corrected chi connectivity index (χ3v) is 5.55. The van der Waals surface area contributed by atoms with Gasteiger partial charge in [0.05, 0.1) is 22.8 Å². The van der Waals surface area contributed by atoms with Gasteiger partial charge in [0.2, 0.25) is 0 Å². The molecule has 1 saturated heterocycles. The number of nitriles is 1. The number of hydrogen-bond acceptors (Lipinski definition) is 5. The SMILES string of the molecule is CC(=O)SCC(=Cc1cc(C)ccc1C#N)B1OC(C)(C)C(C)(C)O1. The molecule has 0 radical (unpaired) electrons. The molecule has 0 spiro atoms. The second-order valence-electron chi connectivity index (χ2n) is 7.29. The largest absolute Gasteiger partial charge is 0.491 e. The van der Waals surface area contributed by atoms with Crippen molar-refractivity contribution >= 4 is 30.1 Å². The van der Waals surface area contributed by atoms with E-state index >= 15 is 0 Å². The normalized spacial score (nSPS) is 18.9. The maximum atomic E-state index is 11.4. The van der Waals surface area contributed by atoms with Crippen LogP contribution in [-0.4, -0.2) is 29.2 Å². The van der Waals surface area contributed by atoms with Gasteiger partial charge < -0.3 is 9.31 Å². The first-order valence-corrected chi connectivity index (χ1v) is 9.24. The zero-order valence-corrected chi connectivity index (χ0v) is 16.5. The average molecular weight is 357 g/mol. The zero-order valence-electron chi connectivity index (χ0n) is 15.7. The van der Waals surface area contributed by atoms with Gasteiger partial charge in [0.25, 0.3) is 0 Å². The number of thioether (sulfide) groups is 1. The molecule has 4 nitrogen and oxygen atoms in total. The molecule has 1 aliphatic heterocycles. The highest BCUT2D eigenvalue weighted by atomic mass is 32.2. The molecule has 0 aromatic heterocycles. The summed E-state index contributed by atoms with van der Waals surface area (Å²) in [4.78, 5) is 11.4. The van der Waals surface area contributed by atoms with Gasteiger partial charge in [-0.2, -0.15) is 5.26 Å². The van der Waals surface area contributed by atoms with Crippen molar-refractivity contribution in [3.63, 3.8) is 0 Å². The van der Waals surface area contributed by atoms with E-state index in [1.807, 2.05) is 52.8 Å². The Balaban J connectivity index is 2.42. The first kappa shape index (κ1) is 19.8. The fraction of sp³-hybridized carbons (Fsp3) is 0.474. The number of aryl methyl sites for hydroxylation is 1. The van der Waals surface area contributed by atoms with Crippen LogP contribution in [0.5, 0.6) is 0 Å². The lowest BCUT2D eigenvalue weighted by Gasteiger charge is -2.32. The summed E-state index contributed by atoms with van der Waals surface area (Å²) in [5, 5.41) is 9.41. The van der Waals surface area contributed by atoms with Crippen LogP contribution in [0.3, 0.4) is 0 Å². The minimum Gasteiger partial charge on any atom is -0.400 e. The summed E-state index contributed by atoms with van der Waals surface area (Å²) in [5.74, 6) is 0.463. The average Bonchev–Trinajstić information content (AvgIpc) is 2.71. The van der Waals surface area contributed by atoms with Gasteiger partial charge in [0.15, 0.2) is 5.12 Å². The fourth-order valence-electron chi connectivity index (χ4n) is 2.46. The molecule has 1 aromatic carbocycles. The van der Waals surface area contributed by atoms with Crippen LogP contribution in [0.1, 0.15) is 51.3 Å². The lowest BCUT2D eigenvalue weighted by atomic mass is 9.78. The summed E-state index contributed by atoms with van der Waals surface area (Å²) >= 11 is 1.21. The smallest absolute Gasteiger partial charge is 0.400 e. The summed E-state index contributed by atoms with van der Waals surface area (Å²) in [6, 6.07) is 7.89. The third kappa shape index (κ3) is 4.55. The summed E-state index contributed by atoms with van der Waals surface area (Å²) in [5.41, 5.74) is 2.41. The molecule has 0 aliphatic carbocycles. The Kier molecular flexibility index (Phi) is 5.83. The van der Waals surface area contributed by atoms with Gasteiger partial charge in [-0.25, -0.2) is 0 Å². The molecule has 132 valence electrons. The predicted octanol–water partition coefficient (Wildman–Crippen LogP) is 4.16. The van der Waals surface area contributed by atoms with E-state index < -0.39 is 18.3 Å². The van der Waals surface area contributed by atoms with E-state index in [1.54, 1.807) is 13.0 Å². The minimum absolute atomic E-state index is 0.0344. The molecule has 25 heavy (non-hydrogen) atoms. The number of nitrogens with zero attached hydrogens (tertiary/aromatic N) is 1.